The van der Waals surface area contributed by atoms with Crippen molar-refractivity contribution < 1.29 is 4.39 Å². The Kier molecular flexibility index (Phi) is 3.49. The summed E-state index contributed by atoms with van der Waals surface area (Å²) in [5.41, 5.74) is 1.35. The number of aromatic nitrogens is 4. The number of anilines is 1. The molecule has 1 N–H and O–H groups in total. The fourth-order valence-electron chi connectivity index (χ4n) is 2.47. The Bertz CT molecular complexity index is 812. The summed E-state index contributed by atoms with van der Waals surface area (Å²) in [4.78, 5) is 12.7. The van der Waals surface area contributed by atoms with Crippen LogP contribution >= 0.6 is 0 Å². The largest absolute Gasteiger partial charge is 0.366 e. The van der Waals surface area contributed by atoms with Crippen molar-refractivity contribution in [2.24, 2.45) is 0 Å². The summed E-state index contributed by atoms with van der Waals surface area (Å²) in [5.74, 6) is 1.92. The molecule has 0 radical (unpaired) electrons. The number of nitrogens with zero attached hydrogens (tertiary/aromatic N) is 4. The molecule has 4 rings (SSSR count). The van der Waals surface area contributed by atoms with Crippen LogP contribution in [0.15, 0.2) is 49.2 Å². The van der Waals surface area contributed by atoms with Crippen LogP contribution in [-0.4, -0.2) is 19.5 Å². The maximum Gasteiger partial charge on any atom is 0.147 e. The molecule has 0 bridgehead atoms. The highest BCUT2D eigenvalue weighted by Crippen LogP contribution is 2.38. The summed E-state index contributed by atoms with van der Waals surface area (Å²) < 4.78 is 15.9. The van der Waals surface area contributed by atoms with E-state index in [2.05, 4.69) is 20.3 Å². The summed E-state index contributed by atoms with van der Waals surface area (Å²) >= 11 is 0. The van der Waals surface area contributed by atoms with E-state index >= 15 is 0 Å². The van der Waals surface area contributed by atoms with E-state index < -0.39 is 0 Å². The second-order valence-electron chi connectivity index (χ2n) is 5.68. The van der Waals surface area contributed by atoms with Crippen LogP contribution in [0.3, 0.4) is 0 Å². The first-order chi connectivity index (χ1) is 11.3. The van der Waals surface area contributed by atoms with Crippen molar-refractivity contribution in [3.8, 4) is 5.69 Å². The predicted octanol–water partition coefficient (Wildman–Crippen LogP) is 3.29. The highest BCUT2D eigenvalue weighted by atomic mass is 19.1. The van der Waals surface area contributed by atoms with Crippen molar-refractivity contribution in [2.45, 2.75) is 25.3 Å². The van der Waals surface area contributed by atoms with Gasteiger partial charge < -0.3 is 9.88 Å². The van der Waals surface area contributed by atoms with Gasteiger partial charge in [0, 0.05) is 31.1 Å². The first kappa shape index (κ1) is 13.9. The van der Waals surface area contributed by atoms with Gasteiger partial charge in [-0.15, -0.1) is 0 Å². The average molecular weight is 309 g/mol. The lowest BCUT2D eigenvalue weighted by atomic mass is 10.2. The van der Waals surface area contributed by atoms with E-state index in [4.69, 9.17) is 0 Å². The molecule has 0 amide bonds. The Labute approximate surface area is 133 Å². The Balaban J connectivity index is 1.47. The lowest BCUT2D eigenvalue weighted by Gasteiger charge is -2.09. The monoisotopic (exact) mass is 309 g/mol. The van der Waals surface area contributed by atoms with Crippen LogP contribution in [0.5, 0.6) is 0 Å². The van der Waals surface area contributed by atoms with Gasteiger partial charge in [-0.05, 0) is 36.6 Å². The van der Waals surface area contributed by atoms with Crippen LogP contribution in [0.4, 0.5) is 10.2 Å². The van der Waals surface area contributed by atoms with Crippen LogP contribution in [0.25, 0.3) is 5.69 Å². The summed E-state index contributed by atoms with van der Waals surface area (Å²) in [5, 5.41) is 3.23. The van der Waals surface area contributed by atoms with E-state index in [1.165, 1.54) is 18.9 Å². The molecule has 1 aliphatic rings. The third kappa shape index (κ3) is 3.06. The van der Waals surface area contributed by atoms with Crippen LogP contribution in [-0.2, 0) is 6.54 Å². The van der Waals surface area contributed by atoms with Crippen molar-refractivity contribution in [1.29, 1.82) is 0 Å². The van der Waals surface area contributed by atoms with Crippen molar-refractivity contribution in [2.75, 3.05) is 5.32 Å². The van der Waals surface area contributed by atoms with Crippen LogP contribution in [0, 0.1) is 5.82 Å². The Morgan fingerprint density at radius 1 is 1.22 bits per heavy atom. The highest BCUT2D eigenvalue weighted by molar-refractivity contribution is 5.39. The minimum Gasteiger partial charge on any atom is -0.366 e. The summed E-state index contributed by atoms with van der Waals surface area (Å²) in [6, 6.07) is 7.02. The molecular formula is C17H16FN5. The minimum absolute atomic E-state index is 0.274. The zero-order chi connectivity index (χ0) is 15.6. The summed E-state index contributed by atoms with van der Waals surface area (Å²) in [7, 11) is 0. The van der Waals surface area contributed by atoms with Crippen LogP contribution in [0.2, 0.25) is 0 Å². The molecular weight excluding hydrogens is 293 g/mol. The van der Waals surface area contributed by atoms with Crippen molar-refractivity contribution in [1.82, 2.24) is 19.5 Å². The molecule has 0 unspecified atom stereocenters. The molecule has 0 spiro atoms. The molecule has 2 heterocycles. The SMILES string of the molecule is Fc1cc(CNc2ccnc(C3CC3)n2)ccc1-n1ccnc1. The minimum atomic E-state index is -0.274. The second kappa shape index (κ2) is 5.79. The van der Waals surface area contributed by atoms with E-state index in [0.717, 1.165) is 17.2 Å². The Morgan fingerprint density at radius 3 is 2.87 bits per heavy atom. The average Bonchev–Trinajstić information content (AvgIpc) is 3.29. The van der Waals surface area contributed by atoms with Gasteiger partial charge in [-0.25, -0.2) is 19.3 Å². The first-order valence-corrected chi connectivity index (χ1v) is 7.63. The molecule has 0 aliphatic heterocycles. The molecule has 1 saturated carbocycles. The van der Waals surface area contributed by atoms with E-state index in [1.54, 1.807) is 35.6 Å². The molecule has 1 aromatic carbocycles. The molecule has 2 aromatic heterocycles. The molecule has 23 heavy (non-hydrogen) atoms. The molecule has 3 aromatic rings. The Hall–Kier alpha value is -2.76. The van der Waals surface area contributed by atoms with E-state index in [0.29, 0.717) is 18.2 Å². The summed E-state index contributed by atoms with van der Waals surface area (Å²) in [6.45, 7) is 0.516. The highest BCUT2D eigenvalue weighted by Gasteiger charge is 2.26. The second-order valence-corrected chi connectivity index (χ2v) is 5.68. The maximum atomic E-state index is 14.2. The lowest BCUT2D eigenvalue weighted by molar-refractivity contribution is 0.616. The third-order valence-electron chi connectivity index (χ3n) is 3.89. The molecule has 6 heteroatoms. The fourth-order valence-corrected chi connectivity index (χ4v) is 2.47. The van der Waals surface area contributed by atoms with E-state index in [9.17, 15) is 4.39 Å². The van der Waals surface area contributed by atoms with Gasteiger partial charge in [0.25, 0.3) is 0 Å². The van der Waals surface area contributed by atoms with Crippen molar-refractivity contribution in [3.05, 3.63) is 66.4 Å². The first-order valence-electron chi connectivity index (χ1n) is 7.63. The fraction of sp³-hybridized carbons (Fsp3) is 0.235. The van der Waals surface area contributed by atoms with Gasteiger partial charge in [-0.2, -0.15) is 0 Å². The lowest BCUT2D eigenvalue weighted by Crippen LogP contribution is -2.05. The van der Waals surface area contributed by atoms with Crippen molar-refractivity contribution in [3.63, 3.8) is 0 Å². The van der Waals surface area contributed by atoms with Gasteiger partial charge in [0.1, 0.15) is 17.5 Å². The standard InChI is InChI=1S/C17H16FN5/c18-14-9-12(1-4-15(14)23-8-7-19-11-23)10-21-16-5-6-20-17(22-16)13-2-3-13/h1,4-9,11,13H,2-3,10H2,(H,20,21,22). The molecule has 0 saturated heterocycles. The molecule has 0 atom stereocenters. The number of benzene rings is 1. The number of halogens is 1. The van der Waals surface area contributed by atoms with Gasteiger partial charge in [0.15, 0.2) is 0 Å². The Morgan fingerprint density at radius 2 is 2.13 bits per heavy atom. The van der Waals surface area contributed by atoms with Gasteiger partial charge in [-0.1, -0.05) is 6.07 Å². The van der Waals surface area contributed by atoms with Gasteiger partial charge in [0.05, 0.1) is 12.0 Å². The normalized spacial score (nSPS) is 14.0. The zero-order valence-corrected chi connectivity index (χ0v) is 12.5. The summed E-state index contributed by atoms with van der Waals surface area (Å²) in [6.07, 6.45) is 9.04. The zero-order valence-electron chi connectivity index (χ0n) is 12.5. The quantitative estimate of drug-likeness (QED) is 0.786. The third-order valence-corrected chi connectivity index (χ3v) is 3.89. The molecule has 1 aliphatic carbocycles. The number of rotatable bonds is 5. The molecule has 1 fully saturated rings. The van der Waals surface area contributed by atoms with E-state index in [1.807, 2.05) is 12.1 Å². The smallest absolute Gasteiger partial charge is 0.147 e. The molecule has 5 nitrogen and oxygen atoms in total. The maximum absolute atomic E-state index is 14.2. The van der Waals surface area contributed by atoms with E-state index in [-0.39, 0.29) is 5.82 Å². The van der Waals surface area contributed by atoms with Gasteiger partial charge in [-0.3, -0.25) is 0 Å². The number of hydrogen-bond acceptors (Lipinski definition) is 4. The van der Waals surface area contributed by atoms with Crippen LogP contribution in [0.1, 0.15) is 30.1 Å². The number of nitrogens with one attached hydrogen (secondary N) is 1. The number of hydrogen-bond donors (Lipinski definition) is 1. The van der Waals surface area contributed by atoms with Gasteiger partial charge >= 0.3 is 0 Å². The topological polar surface area (TPSA) is 55.6 Å². The van der Waals surface area contributed by atoms with Crippen molar-refractivity contribution >= 4 is 5.82 Å². The predicted molar refractivity (Wildman–Crippen MR) is 84.9 cm³/mol. The molecule has 116 valence electrons. The van der Waals surface area contributed by atoms with Crippen LogP contribution < -0.4 is 5.32 Å². The number of imidazole rings is 1. The van der Waals surface area contributed by atoms with Gasteiger partial charge in [0.2, 0.25) is 0 Å².